The van der Waals surface area contributed by atoms with Crippen LogP contribution in [0.15, 0.2) is 42.5 Å². The molecule has 0 amide bonds. The van der Waals surface area contributed by atoms with E-state index in [0.717, 1.165) is 30.4 Å². The van der Waals surface area contributed by atoms with Crippen LogP contribution in [0.25, 0.3) is 10.8 Å². The van der Waals surface area contributed by atoms with Gasteiger partial charge in [0, 0.05) is 10.9 Å². The van der Waals surface area contributed by atoms with Crippen LogP contribution < -0.4 is 0 Å². The van der Waals surface area contributed by atoms with Crippen molar-refractivity contribution in [3.63, 3.8) is 0 Å². The number of unbranched alkanes of at least 4 members (excludes halogenated alkanes) is 4. The number of hydrogen-bond acceptors (Lipinski definition) is 0. The summed E-state index contributed by atoms with van der Waals surface area (Å²) in [5.74, 6) is 0.404. The molecule has 0 nitrogen and oxygen atoms in total. The maximum Gasteiger partial charge on any atom is 0.194 e. The fraction of sp³-hybridized carbons (Fsp3) is 0.280. The minimum Gasteiger partial charge on any atom is -0.205 e. The van der Waals surface area contributed by atoms with E-state index in [-0.39, 0.29) is 11.1 Å². The van der Waals surface area contributed by atoms with Gasteiger partial charge in [0.2, 0.25) is 0 Å². The third-order valence-corrected chi connectivity index (χ3v) is 4.91. The molecule has 0 aliphatic heterocycles. The molecule has 150 valence electrons. The van der Waals surface area contributed by atoms with Crippen molar-refractivity contribution >= 4 is 10.8 Å². The molecule has 0 N–H and O–H groups in total. The topological polar surface area (TPSA) is 0 Å². The first-order valence-corrected chi connectivity index (χ1v) is 9.87. The normalized spacial score (nSPS) is 10.8. The second kappa shape index (κ2) is 9.60. The molecule has 0 spiro atoms. The minimum absolute atomic E-state index is 0.0562. The van der Waals surface area contributed by atoms with Crippen molar-refractivity contribution in [2.24, 2.45) is 0 Å². The lowest BCUT2D eigenvalue weighted by molar-refractivity contribution is 0.446. The van der Waals surface area contributed by atoms with E-state index in [1.54, 1.807) is 18.2 Å². The van der Waals surface area contributed by atoms with Gasteiger partial charge >= 0.3 is 0 Å². The van der Waals surface area contributed by atoms with Gasteiger partial charge in [0.1, 0.15) is 5.82 Å². The predicted molar refractivity (Wildman–Crippen MR) is 109 cm³/mol. The molecule has 0 fully saturated rings. The first-order chi connectivity index (χ1) is 14.0. The summed E-state index contributed by atoms with van der Waals surface area (Å²) < 4.78 is 54.4. The van der Waals surface area contributed by atoms with E-state index in [9.17, 15) is 17.6 Å². The van der Waals surface area contributed by atoms with Crippen molar-refractivity contribution < 1.29 is 17.6 Å². The Morgan fingerprint density at radius 2 is 1.45 bits per heavy atom. The van der Waals surface area contributed by atoms with Crippen LogP contribution in [0, 0.1) is 35.1 Å². The van der Waals surface area contributed by atoms with E-state index in [2.05, 4.69) is 18.8 Å². The maximum atomic E-state index is 14.8. The first-order valence-electron chi connectivity index (χ1n) is 9.87. The van der Waals surface area contributed by atoms with Crippen molar-refractivity contribution in [2.45, 2.75) is 45.4 Å². The predicted octanol–water partition coefficient (Wildman–Crippen LogP) is 7.31. The molecule has 29 heavy (non-hydrogen) atoms. The monoisotopic (exact) mass is 398 g/mol. The second-order valence-corrected chi connectivity index (χ2v) is 7.15. The molecule has 0 bridgehead atoms. The molecule has 0 heterocycles. The Bertz CT molecular complexity index is 1050. The minimum atomic E-state index is -1.55. The van der Waals surface area contributed by atoms with Gasteiger partial charge < -0.3 is 0 Å². The Hall–Kier alpha value is -2.80. The van der Waals surface area contributed by atoms with Crippen LogP contribution in [-0.4, -0.2) is 0 Å². The average Bonchev–Trinajstić information content (AvgIpc) is 2.71. The summed E-state index contributed by atoms with van der Waals surface area (Å²) in [6.45, 7) is 2.19. The molecular formula is C25H22F4. The third-order valence-electron chi connectivity index (χ3n) is 4.91. The highest BCUT2D eigenvalue weighted by Gasteiger charge is 2.10. The zero-order valence-electron chi connectivity index (χ0n) is 16.3. The number of hydrogen-bond donors (Lipinski definition) is 0. The summed E-state index contributed by atoms with van der Waals surface area (Å²) in [6, 6.07) is 10.6. The maximum absolute atomic E-state index is 14.8. The van der Waals surface area contributed by atoms with Crippen molar-refractivity contribution in [3.05, 3.63) is 82.4 Å². The second-order valence-electron chi connectivity index (χ2n) is 7.15. The van der Waals surface area contributed by atoms with Crippen LogP contribution >= 0.6 is 0 Å². The van der Waals surface area contributed by atoms with E-state index in [0.29, 0.717) is 5.39 Å². The standard InChI is InChI=1S/C25H22F4/c1-2-3-4-5-6-7-17-9-13-21-20(14-17)12-11-19(24(21)28)10-8-18-15-22(26)25(29)23(27)16-18/h9,11-16H,2-7H2,1H3. The SMILES string of the molecule is CCCCCCCc1ccc2c(F)c(C#Cc3cc(F)c(F)c(F)c3)ccc2c1. The third kappa shape index (κ3) is 5.17. The van der Waals surface area contributed by atoms with E-state index < -0.39 is 23.3 Å². The summed E-state index contributed by atoms with van der Waals surface area (Å²) in [5.41, 5.74) is 1.23. The Labute approximate surface area is 168 Å². The molecule has 0 aliphatic carbocycles. The molecule has 0 atom stereocenters. The number of benzene rings is 3. The molecule has 3 aromatic carbocycles. The molecule has 3 rings (SSSR count). The molecule has 0 aromatic heterocycles. The zero-order chi connectivity index (χ0) is 20.8. The van der Waals surface area contributed by atoms with Gasteiger partial charge in [-0.3, -0.25) is 0 Å². The van der Waals surface area contributed by atoms with E-state index in [1.807, 2.05) is 12.1 Å². The molecule has 4 heteroatoms. The number of halogens is 4. The molecule has 3 aromatic rings. The van der Waals surface area contributed by atoms with Gasteiger partial charge in [0.05, 0.1) is 5.56 Å². The number of rotatable bonds is 6. The summed E-state index contributed by atoms with van der Waals surface area (Å²) in [6.07, 6.45) is 6.98. The summed E-state index contributed by atoms with van der Waals surface area (Å²) in [4.78, 5) is 0. The highest BCUT2D eigenvalue weighted by molar-refractivity contribution is 5.85. The van der Waals surface area contributed by atoms with E-state index in [1.165, 1.54) is 31.2 Å². The molecule has 0 saturated carbocycles. The fourth-order valence-corrected chi connectivity index (χ4v) is 3.29. The summed E-state index contributed by atoms with van der Waals surface area (Å²) in [7, 11) is 0. The van der Waals surface area contributed by atoms with Gasteiger partial charge in [-0.05, 0) is 42.0 Å². The Balaban J connectivity index is 1.79. The van der Waals surface area contributed by atoms with Crippen LogP contribution in [0.2, 0.25) is 0 Å². The van der Waals surface area contributed by atoms with Gasteiger partial charge in [-0.1, -0.05) is 68.7 Å². The smallest absolute Gasteiger partial charge is 0.194 e. The largest absolute Gasteiger partial charge is 0.205 e. The lowest BCUT2D eigenvalue weighted by Crippen LogP contribution is -1.92. The van der Waals surface area contributed by atoms with Crippen LogP contribution in [0.4, 0.5) is 17.6 Å². The molecule has 0 unspecified atom stereocenters. The van der Waals surface area contributed by atoms with Crippen LogP contribution in [0.3, 0.4) is 0 Å². The van der Waals surface area contributed by atoms with Crippen molar-refractivity contribution in [1.29, 1.82) is 0 Å². The Morgan fingerprint density at radius 3 is 2.17 bits per heavy atom. The molecule has 0 aliphatic rings. The van der Waals surface area contributed by atoms with Crippen molar-refractivity contribution in [3.8, 4) is 11.8 Å². The summed E-state index contributed by atoms with van der Waals surface area (Å²) >= 11 is 0. The van der Waals surface area contributed by atoms with E-state index in [4.69, 9.17) is 0 Å². The van der Waals surface area contributed by atoms with Gasteiger partial charge in [0.25, 0.3) is 0 Å². The number of fused-ring (bicyclic) bond motifs is 1. The van der Waals surface area contributed by atoms with E-state index >= 15 is 0 Å². The van der Waals surface area contributed by atoms with Crippen LogP contribution in [-0.2, 0) is 6.42 Å². The van der Waals surface area contributed by atoms with Gasteiger partial charge in [0.15, 0.2) is 17.5 Å². The van der Waals surface area contributed by atoms with Crippen molar-refractivity contribution in [1.82, 2.24) is 0 Å². The first kappa shape index (κ1) is 20.9. The highest BCUT2D eigenvalue weighted by Crippen LogP contribution is 2.23. The Kier molecular flexibility index (Phi) is 6.93. The fourth-order valence-electron chi connectivity index (χ4n) is 3.29. The lowest BCUT2D eigenvalue weighted by atomic mass is 10.00. The van der Waals surface area contributed by atoms with Gasteiger partial charge in [-0.15, -0.1) is 0 Å². The van der Waals surface area contributed by atoms with Crippen LogP contribution in [0.5, 0.6) is 0 Å². The Morgan fingerprint density at radius 1 is 0.724 bits per heavy atom. The average molecular weight is 398 g/mol. The quantitative estimate of drug-likeness (QED) is 0.177. The zero-order valence-corrected chi connectivity index (χ0v) is 16.3. The van der Waals surface area contributed by atoms with Gasteiger partial charge in [-0.2, -0.15) is 0 Å². The van der Waals surface area contributed by atoms with Crippen LogP contribution in [0.1, 0.15) is 55.7 Å². The molecule has 0 saturated heterocycles. The molecular weight excluding hydrogens is 376 g/mol. The highest BCUT2D eigenvalue weighted by atomic mass is 19.2. The summed E-state index contributed by atoms with van der Waals surface area (Å²) in [5, 5.41) is 1.24. The number of aryl methyl sites for hydroxylation is 1. The molecule has 0 radical (unpaired) electrons. The van der Waals surface area contributed by atoms with Gasteiger partial charge in [-0.25, -0.2) is 17.6 Å². The lowest BCUT2D eigenvalue weighted by Gasteiger charge is -2.06. The van der Waals surface area contributed by atoms with Crippen molar-refractivity contribution in [2.75, 3.05) is 0 Å².